The molecule has 2 rings (SSSR count). The standard InChI is InChI=1S/C14H16BrN3/c15-12-6-7-14(18-10-12)17-9-8-13(16)11-4-2-1-3-5-11/h1-7,10,13H,8-9,16H2,(H,17,18). The predicted octanol–water partition coefficient (Wildman–Crippen LogP) is 3.35. The zero-order chi connectivity index (χ0) is 12.8. The van der Waals surface area contributed by atoms with Crippen LogP contribution in [0.2, 0.25) is 0 Å². The first-order chi connectivity index (χ1) is 8.75. The number of rotatable bonds is 5. The van der Waals surface area contributed by atoms with Crippen LogP contribution in [-0.4, -0.2) is 11.5 Å². The van der Waals surface area contributed by atoms with Crippen LogP contribution in [0.25, 0.3) is 0 Å². The third-order valence-electron chi connectivity index (χ3n) is 2.72. The van der Waals surface area contributed by atoms with Gasteiger partial charge in [-0.25, -0.2) is 4.98 Å². The van der Waals surface area contributed by atoms with Gasteiger partial charge in [0, 0.05) is 23.3 Å². The number of pyridine rings is 1. The number of nitrogens with two attached hydrogens (primary N) is 1. The molecule has 0 aliphatic rings. The van der Waals surface area contributed by atoms with Crippen molar-refractivity contribution >= 4 is 21.7 Å². The monoisotopic (exact) mass is 305 g/mol. The molecular weight excluding hydrogens is 290 g/mol. The van der Waals surface area contributed by atoms with Gasteiger partial charge in [0.2, 0.25) is 0 Å². The van der Waals surface area contributed by atoms with Crippen molar-refractivity contribution in [2.24, 2.45) is 5.73 Å². The van der Waals surface area contributed by atoms with E-state index in [1.165, 1.54) is 5.56 Å². The van der Waals surface area contributed by atoms with E-state index in [1.54, 1.807) is 6.20 Å². The molecule has 4 heteroatoms. The lowest BCUT2D eigenvalue weighted by Crippen LogP contribution is -2.15. The van der Waals surface area contributed by atoms with Crippen LogP contribution < -0.4 is 11.1 Å². The number of nitrogens with zero attached hydrogens (tertiary/aromatic N) is 1. The van der Waals surface area contributed by atoms with E-state index in [4.69, 9.17) is 5.73 Å². The normalized spacial score (nSPS) is 12.1. The molecule has 1 heterocycles. The topological polar surface area (TPSA) is 50.9 Å². The van der Waals surface area contributed by atoms with E-state index in [9.17, 15) is 0 Å². The lowest BCUT2D eigenvalue weighted by atomic mass is 10.1. The van der Waals surface area contributed by atoms with Crippen LogP contribution in [0.3, 0.4) is 0 Å². The Hall–Kier alpha value is -1.39. The van der Waals surface area contributed by atoms with E-state index in [0.717, 1.165) is 23.3 Å². The first kappa shape index (κ1) is 13.1. The van der Waals surface area contributed by atoms with Crippen molar-refractivity contribution < 1.29 is 0 Å². The maximum absolute atomic E-state index is 6.12. The van der Waals surface area contributed by atoms with Crippen LogP contribution >= 0.6 is 15.9 Å². The second kappa shape index (κ2) is 6.52. The molecule has 0 saturated carbocycles. The summed E-state index contributed by atoms with van der Waals surface area (Å²) in [4.78, 5) is 4.25. The fourth-order valence-electron chi connectivity index (χ4n) is 1.70. The van der Waals surface area contributed by atoms with Crippen molar-refractivity contribution in [1.29, 1.82) is 0 Å². The molecule has 3 nitrogen and oxygen atoms in total. The molecule has 0 radical (unpaired) electrons. The summed E-state index contributed by atoms with van der Waals surface area (Å²) >= 11 is 3.36. The fraction of sp³-hybridized carbons (Fsp3) is 0.214. The van der Waals surface area contributed by atoms with Crippen LogP contribution in [0, 0.1) is 0 Å². The molecule has 0 fully saturated rings. The highest BCUT2D eigenvalue weighted by Gasteiger charge is 2.04. The fourth-order valence-corrected chi connectivity index (χ4v) is 1.94. The molecule has 1 aromatic heterocycles. The van der Waals surface area contributed by atoms with Gasteiger partial charge in [-0.2, -0.15) is 0 Å². The zero-order valence-corrected chi connectivity index (χ0v) is 11.6. The van der Waals surface area contributed by atoms with Gasteiger partial charge in [-0.3, -0.25) is 0 Å². The number of anilines is 1. The Morgan fingerprint density at radius 2 is 1.94 bits per heavy atom. The Balaban J connectivity index is 1.80. The molecule has 18 heavy (non-hydrogen) atoms. The molecule has 94 valence electrons. The molecule has 0 aliphatic heterocycles. The molecule has 0 spiro atoms. The predicted molar refractivity (Wildman–Crippen MR) is 78.4 cm³/mol. The smallest absolute Gasteiger partial charge is 0.125 e. The SMILES string of the molecule is NC(CCNc1ccc(Br)cn1)c1ccccc1. The minimum absolute atomic E-state index is 0.0640. The highest BCUT2D eigenvalue weighted by atomic mass is 79.9. The van der Waals surface area contributed by atoms with Crippen LogP contribution in [0.4, 0.5) is 5.82 Å². The molecule has 0 amide bonds. The second-order valence-corrected chi connectivity index (χ2v) is 5.01. The van der Waals surface area contributed by atoms with E-state index in [2.05, 4.69) is 38.4 Å². The van der Waals surface area contributed by atoms with Gasteiger partial charge >= 0.3 is 0 Å². The summed E-state index contributed by atoms with van der Waals surface area (Å²) in [7, 11) is 0. The maximum atomic E-state index is 6.12. The summed E-state index contributed by atoms with van der Waals surface area (Å²) < 4.78 is 0.981. The van der Waals surface area contributed by atoms with Crippen molar-refractivity contribution in [2.75, 3.05) is 11.9 Å². The zero-order valence-electron chi connectivity index (χ0n) is 10.0. The highest BCUT2D eigenvalue weighted by molar-refractivity contribution is 9.10. The molecular formula is C14H16BrN3. The van der Waals surface area contributed by atoms with Crippen molar-refractivity contribution in [1.82, 2.24) is 4.98 Å². The third kappa shape index (κ3) is 3.82. The van der Waals surface area contributed by atoms with E-state index in [-0.39, 0.29) is 6.04 Å². The highest BCUT2D eigenvalue weighted by Crippen LogP contribution is 2.14. The second-order valence-electron chi connectivity index (χ2n) is 4.09. The maximum Gasteiger partial charge on any atom is 0.125 e. The molecule has 1 unspecified atom stereocenters. The Bertz CT molecular complexity index is 470. The largest absolute Gasteiger partial charge is 0.370 e. The van der Waals surface area contributed by atoms with Gasteiger partial charge in [-0.1, -0.05) is 30.3 Å². The van der Waals surface area contributed by atoms with Crippen molar-refractivity contribution in [2.45, 2.75) is 12.5 Å². The summed E-state index contributed by atoms with van der Waals surface area (Å²) in [5.41, 5.74) is 7.28. The van der Waals surface area contributed by atoms with Crippen molar-refractivity contribution in [3.63, 3.8) is 0 Å². The van der Waals surface area contributed by atoms with E-state index in [0.29, 0.717) is 0 Å². The van der Waals surface area contributed by atoms with Crippen molar-refractivity contribution in [3.8, 4) is 0 Å². The van der Waals surface area contributed by atoms with Crippen LogP contribution in [0.5, 0.6) is 0 Å². The molecule has 2 aromatic rings. The molecule has 1 aromatic carbocycles. The average molecular weight is 306 g/mol. The number of hydrogen-bond acceptors (Lipinski definition) is 3. The number of nitrogens with one attached hydrogen (secondary N) is 1. The van der Waals surface area contributed by atoms with Gasteiger partial charge in [0.15, 0.2) is 0 Å². The van der Waals surface area contributed by atoms with E-state index >= 15 is 0 Å². The number of halogens is 1. The summed E-state index contributed by atoms with van der Waals surface area (Å²) in [6, 6.07) is 14.1. The van der Waals surface area contributed by atoms with Crippen LogP contribution in [0.1, 0.15) is 18.0 Å². The Morgan fingerprint density at radius 1 is 1.17 bits per heavy atom. The number of benzene rings is 1. The van der Waals surface area contributed by atoms with Gasteiger partial charge in [0.05, 0.1) is 0 Å². The van der Waals surface area contributed by atoms with Crippen LogP contribution in [0.15, 0.2) is 53.1 Å². The Morgan fingerprint density at radius 3 is 2.61 bits per heavy atom. The first-order valence-corrected chi connectivity index (χ1v) is 6.71. The average Bonchev–Trinajstić information content (AvgIpc) is 2.42. The first-order valence-electron chi connectivity index (χ1n) is 5.91. The number of hydrogen-bond donors (Lipinski definition) is 2. The summed E-state index contributed by atoms with van der Waals surface area (Å²) in [5.74, 6) is 0.874. The molecule has 0 saturated heterocycles. The molecule has 0 aliphatic carbocycles. The molecule has 0 bridgehead atoms. The lowest BCUT2D eigenvalue weighted by molar-refractivity contribution is 0.674. The Kier molecular flexibility index (Phi) is 4.73. The third-order valence-corrected chi connectivity index (χ3v) is 3.19. The van der Waals surface area contributed by atoms with Gasteiger partial charge in [-0.05, 0) is 40.0 Å². The quantitative estimate of drug-likeness (QED) is 0.890. The van der Waals surface area contributed by atoms with Gasteiger partial charge in [0.1, 0.15) is 5.82 Å². The Labute approximate surface area is 116 Å². The lowest BCUT2D eigenvalue weighted by Gasteiger charge is -2.12. The van der Waals surface area contributed by atoms with Gasteiger partial charge in [0.25, 0.3) is 0 Å². The van der Waals surface area contributed by atoms with E-state index < -0.39 is 0 Å². The molecule has 3 N–H and O–H groups in total. The van der Waals surface area contributed by atoms with Crippen LogP contribution in [-0.2, 0) is 0 Å². The molecule has 1 atom stereocenters. The summed E-state index contributed by atoms with van der Waals surface area (Å²) in [6.45, 7) is 0.810. The minimum atomic E-state index is 0.0640. The van der Waals surface area contributed by atoms with Gasteiger partial charge < -0.3 is 11.1 Å². The van der Waals surface area contributed by atoms with Crippen molar-refractivity contribution in [3.05, 3.63) is 58.7 Å². The summed E-state index contributed by atoms with van der Waals surface area (Å²) in [5, 5.41) is 3.26. The van der Waals surface area contributed by atoms with Gasteiger partial charge in [-0.15, -0.1) is 0 Å². The minimum Gasteiger partial charge on any atom is -0.370 e. The van der Waals surface area contributed by atoms with E-state index in [1.807, 2.05) is 30.3 Å². The number of aromatic nitrogens is 1. The summed E-state index contributed by atoms with van der Waals surface area (Å²) in [6.07, 6.45) is 2.65.